The second-order valence-corrected chi connectivity index (χ2v) is 23.1. The number of hydrogen-bond acceptors (Lipinski definition) is 5. The summed E-state index contributed by atoms with van der Waals surface area (Å²) in [6.07, 6.45) is 17.2. The average molecular weight is 830 g/mol. The monoisotopic (exact) mass is 829 g/mol. The van der Waals surface area contributed by atoms with Crippen molar-refractivity contribution in [2.24, 2.45) is 57.0 Å². The fraction of sp³-hybridized carbons (Fsp3) is 0.800. The van der Waals surface area contributed by atoms with E-state index >= 15 is 0 Å². The summed E-state index contributed by atoms with van der Waals surface area (Å²) in [6, 6.07) is 0.142. The summed E-state index contributed by atoms with van der Waals surface area (Å²) < 4.78 is 0. The van der Waals surface area contributed by atoms with E-state index in [1.807, 2.05) is 20.8 Å². The van der Waals surface area contributed by atoms with Gasteiger partial charge in [-0.25, -0.2) is 0 Å². The van der Waals surface area contributed by atoms with Crippen LogP contribution < -0.4 is 11.1 Å². The fourth-order valence-electron chi connectivity index (χ4n) is 11.4. The number of carbonyl (C=O) groups excluding carboxylic acids is 2. The van der Waals surface area contributed by atoms with Crippen LogP contribution in [0.3, 0.4) is 0 Å². The van der Waals surface area contributed by atoms with Crippen LogP contribution in [0, 0.1) is 51.2 Å². The topological polar surface area (TPSA) is 92.4 Å². The minimum atomic E-state index is -0.465. The van der Waals surface area contributed by atoms with Crippen LogP contribution in [-0.2, 0) is 9.59 Å². The summed E-state index contributed by atoms with van der Waals surface area (Å²) in [6.45, 7) is 35.9. The predicted octanol–water partition coefficient (Wildman–Crippen LogP) is 13.6. The van der Waals surface area contributed by atoms with Crippen LogP contribution in [0.15, 0.2) is 45.9 Å². The summed E-state index contributed by atoms with van der Waals surface area (Å²) in [7, 11) is 0.988. The average Bonchev–Trinajstić information content (AvgIpc) is 3.63. The SMILES string of the molecule is C=C(O)C(C)(C)CC(=O)CC.CC=C1C(Cl)=C(C23CC[C@@]4(C)C(C)CCC5C(C)(CCC(C)C5(C)C)PCCC4C2=C(C(C)C)C(=O)C3)NC1CCN.CCCC. The molecule has 0 radical (unpaired) electrons. The van der Waals surface area contributed by atoms with Gasteiger partial charge in [0.15, 0.2) is 5.78 Å². The standard InChI is InChI=1S/C37H60ClN2OP.C9H16O2.C4H10/c1-10-25-27(14-19-39)40-33(32(25)38)37-18-17-35(8)24(5)11-12-29-34(6,7)23(4)13-16-36(29,9)42-20-15-26(35)31(37)30(22(2)3)28(41)21-37;1-5-8(11)6-9(3,4)7(2)10;1-3-4-2/h10,22-24,26-27,29,40,42H,11-21,39H2,1-9H3;10H,2,5-6H2,1,3-4H3;3-4H2,1-2H3/t23?,24?,26?,27?,29?,35-,36?,37?;;/m0../s1. The molecule has 2 saturated carbocycles. The Balaban J connectivity index is 0.000000493. The van der Waals surface area contributed by atoms with Crippen molar-refractivity contribution in [2.45, 2.75) is 192 Å². The number of hydrogen-bond donors (Lipinski definition) is 3. The Morgan fingerprint density at radius 3 is 2.19 bits per heavy atom. The molecule has 5 nitrogen and oxygen atoms in total. The van der Waals surface area contributed by atoms with Gasteiger partial charge in [-0.05, 0) is 133 Å². The van der Waals surface area contributed by atoms with Gasteiger partial charge in [0.05, 0.1) is 16.8 Å². The number of carbonyl (C=O) groups is 2. The lowest BCUT2D eigenvalue weighted by Gasteiger charge is -2.58. The maximum Gasteiger partial charge on any atom is 0.160 e. The Morgan fingerprint density at radius 1 is 1.04 bits per heavy atom. The normalized spacial score (nSPS) is 35.1. The van der Waals surface area contributed by atoms with Gasteiger partial charge in [-0.2, -0.15) is 0 Å². The minimum absolute atomic E-state index is 0.0827. The third-order valence-corrected chi connectivity index (χ3v) is 18.5. The highest BCUT2D eigenvalue weighted by atomic mass is 35.5. The molecule has 326 valence electrons. The molecule has 0 amide bonds. The maximum atomic E-state index is 14.1. The first kappa shape index (κ1) is 49.9. The first-order valence-electron chi connectivity index (χ1n) is 23.0. The van der Waals surface area contributed by atoms with Crippen LogP contribution in [0.1, 0.15) is 180 Å². The van der Waals surface area contributed by atoms with E-state index < -0.39 is 5.41 Å². The number of nitrogens with one attached hydrogen (secondary N) is 1. The molecule has 1 saturated heterocycles. The smallest absolute Gasteiger partial charge is 0.160 e. The largest absolute Gasteiger partial charge is 0.512 e. The van der Waals surface area contributed by atoms with Gasteiger partial charge >= 0.3 is 0 Å². The maximum absolute atomic E-state index is 14.1. The van der Waals surface area contributed by atoms with Gasteiger partial charge in [0.25, 0.3) is 0 Å². The number of Topliss-reactive ketones (excluding diaryl/α,β-unsaturated/α-hetero) is 2. The van der Waals surface area contributed by atoms with E-state index in [2.05, 4.69) is 94.1 Å². The highest BCUT2D eigenvalue weighted by Gasteiger charge is 2.61. The van der Waals surface area contributed by atoms with Crippen molar-refractivity contribution in [1.29, 1.82) is 0 Å². The van der Waals surface area contributed by atoms with E-state index in [1.165, 1.54) is 62.3 Å². The molecule has 4 N–H and O–H groups in total. The molecular formula is C50H86ClN2O3P. The molecule has 0 aromatic heterocycles. The molecule has 0 spiro atoms. The molecule has 57 heavy (non-hydrogen) atoms. The van der Waals surface area contributed by atoms with Gasteiger partial charge in [-0.15, -0.1) is 8.58 Å². The van der Waals surface area contributed by atoms with E-state index in [1.54, 1.807) is 0 Å². The van der Waals surface area contributed by atoms with E-state index in [0.29, 0.717) is 54.0 Å². The van der Waals surface area contributed by atoms with Crippen molar-refractivity contribution < 1.29 is 14.7 Å². The number of allylic oxidation sites excluding steroid dienone is 4. The van der Waals surface area contributed by atoms with Crippen molar-refractivity contribution in [3.8, 4) is 0 Å². The van der Waals surface area contributed by atoms with Crippen LogP contribution in [0.4, 0.5) is 0 Å². The fourth-order valence-corrected chi connectivity index (χ4v) is 14.0. The molecule has 3 fully saturated rings. The minimum Gasteiger partial charge on any atom is -0.512 e. The number of aliphatic hydroxyl groups is 1. The van der Waals surface area contributed by atoms with Crippen molar-refractivity contribution in [1.82, 2.24) is 5.32 Å². The van der Waals surface area contributed by atoms with Crippen LogP contribution in [0.5, 0.6) is 0 Å². The van der Waals surface area contributed by atoms with Gasteiger partial charge in [0.1, 0.15) is 5.78 Å². The van der Waals surface area contributed by atoms with Crippen molar-refractivity contribution in [3.05, 3.63) is 45.9 Å². The van der Waals surface area contributed by atoms with Gasteiger partial charge in [-0.1, -0.05) is 127 Å². The Labute approximate surface area is 357 Å². The third kappa shape index (κ3) is 10.2. The summed E-state index contributed by atoms with van der Waals surface area (Å²) in [4.78, 5) is 25.1. The van der Waals surface area contributed by atoms with Gasteiger partial charge in [-0.3, -0.25) is 9.59 Å². The van der Waals surface area contributed by atoms with E-state index in [-0.39, 0.29) is 34.3 Å². The number of fused-ring (bicyclic) bond motifs is 4. The lowest BCUT2D eigenvalue weighted by Crippen LogP contribution is -2.51. The lowest BCUT2D eigenvalue weighted by atomic mass is 9.50. The highest BCUT2D eigenvalue weighted by Crippen LogP contribution is 2.68. The van der Waals surface area contributed by atoms with Gasteiger partial charge < -0.3 is 16.2 Å². The van der Waals surface area contributed by atoms with Gasteiger partial charge in [0.2, 0.25) is 0 Å². The highest BCUT2D eigenvalue weighted by molar-refractivity contribution is 7.40. The summed E-state index contributed by atoms with van der Waals surface area (Å²) in [5, 5.41) is 14.3. The van der Waals surface area contributed by atoms with Crippen molar-refractivity contribution in [2.75, 3.05) is 12.7 Å². The van der Waals surface area contributed by atoms with Crippen molar-refractivity contribution in [3.63, 3.8) is 0 Å². The molecule has 9 atom stereocenters. The number of rotatable bonds is 9. The Hall–Kier alpha value is -1.42. The van der Waals surface area contributed by atoms with Crippen LogP contribution in [0.2, 0.25) is 0 Å². The van der Waals surface area contributed by atoms with Crippen LogP contribution in [0.25, 0.3) is 0 Å². The number of ketones is 2. The molecule has 7 heteroatoms. The van der Waals surface area contributed by atoms with E-state index in [0.717, 1.165) is 56.0 Å². The molecular weight excluding hydrogens is 743 g/mol. The second kappa shape index (κ2) is 20.0. The third-order valence-electron chi connectivity index (χ3n) is 16.1. The van der Waals surface area contributed by atoms with Crippen LogP contribution >= 0.6 is 20.2 Å². The number of aliphatic hydroxyl groups excluding tert-OH is 1. The molecule has 2 aliphatic heterocycles. The lowest BCUT2D eigenvalue weighted by molar-refractivity contribution is -0.120. The summed E-state index contributed by atoms with van der Waals surface area (Å²) in [5.74, 6) is 3.47. The summed E-state index contributed by atoms with van der Waals surface area (Å²) >= 11 is 7.30. The number of nitrogens with two attached hydrogens (primary N) is 1. The molecule has 5 aliphatic rings. The number of halogens is 1. The zero-order valence-electron chi connectivity index (χ0n) is 39.1. The van der Waals surface area contributed by atoms with Gasteiger partial charge in [0, 0.05) is 35.8 Å². The Kier molecular flexibility index (Phi) is 17.5. The molecule has 8 unspecified atom stereocenters. The number of unbranched alkanes of at least 4 members (excludes halogenated alkanes) is 1. The second-order valence-electron chi connectivity index (χ2n) is 20.8. The summed E-state index contributed by atoms with van der Waals surface area (Å²) in [5.41, 5.74) is 10.8. The molecule has 0 bridgehead atoms. The molecule has 0 aromatic rings. The Bertz CT molecular complexity index is 1540. The molecule has 0 aromatic carbocycles. The van der Waals surface area contributed by atoms with E-state index in [9.17, 15) is 9.59 Å². The zero-order chi connectivity index (χ0) is 43.3. The first-order chi connectivity index (χ1) is 26.5. The molecule has 3 aliphatic carbocycles. The Morgan fingerprint density at radius 2 is 1.67 bits per heavy atom. The zero-order valence-corrected chi connectivity index (χ0v) is 40.8. The van der Waals surface area contributed by atoms with E-state index in [4.69, 9.17) is 22.4 Å². The molecule has 2 heterocycles. The first-order valence-corrected chi connectivity index (χ1v) is 24.5. The van der Waals surface area contributed by atoms with Crippen LogP contribution in [-0.4, -0.2) is 40.6 Å². The van der Waals surface area contributed by atoms with Crippen molar-refractivity contribution >= 4 is 31.7 Å². The quantitative estimate of drug-likeness (QED) is 0.159. The predicted molar refractivity (Wildman–Crippen MR) is 248 cm³/mol. The molecule has 5 rings (SSSR count).